The summed E-state index contributed by atoms with van der Waals surface area (Å²) in [4.78, 5) is -0.319. The Kier molecular flexibility index (Phi) is 8.44. The van der Waals surface area contributed by atoms with Crippen LogP contribution in [0.15, 0.2) is 92.1 Å². The first-order chi connectivity index (χ1) is 14.5. The van der Waals surface area contributed by atoms with Crippen LogP contribution in [0.2, 0.25) is 0 Å². The van der Waals surface area contributed by atoms with Gasteiger partial charge in [0.25, 0.3) is 0 Å². The molecule has 0 atom stereocenters. The van der Waals surface area contributed by atoms with E-state index in [0.29, 0.717) is 22.7 Å². The molecule has 3 aromatic rings. The number of hydrogen-bond donors (Lipinski definition) is 1. The number of rotatable bonds is 5. The van der Waals surface area contributed by atoms with Gasteiger partial charge in [0.2, 0.25) is 0 Å². The van der Waals surface area contributed by atoms with E-state index < -0.39 is 10.1 Å². The van der Waals surface area contributed by atoms with Crippen LogP contribution in [0.25, 0.3) is 0 Å². The first-order valence-corrected chi connectivity index (χ1v) is 10.8. The van der Waals surface area contributed by atoms with E-state index in [4.69, 9.17) is 0 Å². The molecule has 3 aromatic carbocycles. The predicted molar refractivity (Wildman–Crippen MR) is 116 cm³/mol. The van der Waals surface area contributed by atoms with Gasteiger partial charge in [-0.05, 0) is 71.6 Å². The Morgan fingerprint density at radius 1 is 0.750 bits per heavy atom. The van der Waals surface area contributed by atoms with E-state index in [1.807, 2.05) is 12.1 Å². The van der Waals surface area contributed by atoms with Crippen molar-refractivity contribution in [1.29, 1.82) is 0 Å². The van der Waals surface area contributed by atoms with Crippen LogP contribution in [0.5, 0.6) is 5.75 Å². The van der Waals surface area contributed by atoms with Crippen LogP contribution < -0.4 is 29.6 Å². The second-order valence-corrected chi connectivity index (χ2v) is 9.20. The zero-order valence-electron chi connectivity index (χ0n) is 18.2. The first kappa shape index (κ1) is 25.8. The Hall–Kier alpha value is -2.43. The SMILES string of the molecule is CC(C)(C)c1ccc(O)c(N=Nc2ccc(N=Nc3ccc(S(=O)(=O)[O-])cc3)cc2)c1.[Na+]. The summed E-state index contributed by atoms with van der Waals surface area (Å²) in [5.74, 6) is 0.0537. The molecule has 160 valence electrons. The molecule has 0 saturated heterocycles. The van der Waals surface area contributed by atoms with Crippen molar-refractivity contribution in [3.63, 3.8) is 0 Å². The smallest absolute Gasteiger partial charge is 0.744 e. The number of aromatic hydroxyl groups is 1. The first-order valence-electron chi connectivity index (χ1n) is 9.35. The fourth-order valence-electron chi connectivity index (χ4n) is 2.56. The van der Waals surface area contributed by atoms with Crippen LogP contribution in [0.3, 0.4) is 0 Å². The second kappa shape index (κ2) is 10.5. The number of hydrogen-bond acceptors (Lipinski definition) is 8. The van der Waals surface area contributed by atoms with E-state index in [1.54, 1.807) is 30.3 Å². The molecule has 0 amide bonds. The summed E-state index contributed by atoms with van der Waals surface area (Å²) in [5.41, 5.74) is 2.89. The monoisotopic (exact) mass is 460 g/mol. The Morgan fingerprint density at radius 2 is 1.19 bits per heavy atom. The van der Waals surface area contributed by atoms with Crippen molar-refractivity contribution < 1.29 is 47.6 Å². The average Bonchev–Trinajstić information content (AvgIpc) is 2.71. The fraction of sp³-hybridized carbons (Fsp3) is 0.182. The maximum atomic E-state index is 10.9. The van der Waals surface area contributed by atoms with E-state index in [1.165, 1.54) is 24.3 Å². The molecule has 8 nitrogen and oxygen atoms in total. The molecule has 0 spiro atoms. The summed E-state index contributed by atoms with van der Waals surface area (Å²) < 4.78 is 32.8. The normalized spacial score (nSPS) is 12.2. The number of phenols is 1. The molecule has 0 heterocycles. The third-order valence-electron chi connectivity index (χ3n) is 4.37. The molecule has 1 N–H and O–H groups in total. The third kappa shape index (κ3) is 7.04. The van der Waals surface area contributed by atoms with Crippen LogP contribution in [0, 0.1) is 0 Å². The minimum atomic E-state index is -4.49. The summed E-state index contributed by atoms with van der Waals surface area (Å²) in [6.45, 7) is 6.23. The number of azo groups is 2. The third-order valence-corrected chi connectivity index (χ3v) is 5.22. The Morgan fingerprint density at radius 3 is 1.62 bits per heavy atom. The van der Waals surface area contributed by atoms with Crippen molar-refractivity contribution in [2.45, 2.75) is 31.1 Å². The van der Waals surface area contributed by atoms with Gasteiger partial charge in [-0.2, -0.15) is 15.3 Å². The Labute approximate surface area is 209 Å². The summed E-state index contributed by atoms with van der Waals surface area (Å²) in [5, 5.41) is 26.4. The van der Waals surface area contributed by atoms with Crippen LogP contribution in [0.1, 0.15) is 26.3 Å². The van der Waals surface area contributed by atoms with Gasteiger partial charge in [-0.1, -0.05) is 26.8 Å². The number of benzene rings is 3. The van der Waals surface area contributed by atoms with Crippen molar-refractivity contribution in [2.75, 3.05) is 0 Å². The summed E-state index contributed by atoms with van der Waals surface area (Å²) in [6, 6.07) is 17.2. The largest absolute Gasteiger partial charge is 1.00 e. The van der Waals surface area contributed by atoms with Gasteiger partial charge in [0, 0.05) is 0 Å². The van der Waals surface area contributed by atoms with Gasteiger partial charge in [0.05, 0.1) is 22.0 Å². The van der Waals surface area contributed by atoms with Gasteiger partial charge < -0.3 is 9.66 Å². The summed E-state index contributed by atoms with van der Waals surface area (Å²) in [7, 11) is -4.49. The summed E-state index contributed by atoms with van der Waals surface area (Å²) in [6.07, 6.45) is 0. The van der Waals surface area contributed by atoms with Crippen LogP contribution in [-0.2, 0) is 15.5 Å². The average molecular weight is 460 g/mol. The molecular formula is C22H21N4NaO4S. The van der Waals surface area contributed by atoms with E-state index >= 15 is 0 Å². The number of nitrogens with zero attached hydrogens (tertiary/aromatic N) is 4. The topological polar surface area (TPSA) is 127 Å². The van der Waals surface area contributed by atoms with Gasteiger partial charge in [-0.3, -0.25) is 0 Å². The molecule has 0 aliphatic carbocycles. The molecule has 0 bridgehead atoms. The van der Waals surface area contributed by atoms with Gasteiger partial charge in [0.1, 0.15) is 21.6 Å². The van der Waals surface area contributed by atoms with Crippen molar-refractivity contribution in [3.05, 3.63) is 72.3 Å². The Balaban J connectivity index is 0.00000363. The number of phenolic OH excluding ortho intramolecular Hbond substituents is 1. The molecule has 0 saturated carbocycles. The minimum Gasteiger partial charge on any atom is -0.744 e. The van der Waals surface area contributed by atoms with Crippen LogP contribution >= 0.6 is 0 Å². The van der Waals surface area contributed by atoms with Gasteiger partial charge in [-0.15, -0.1) is 5.11 Å². The predicted octanol–water partition coefficient (Wildman–Crippen LogP) is 3.43. The zero-order chi connectivity index (χ0) is 22.6. The molecule has 3 rings (SSSR count). The maximum Gasteiger partial charge on any atom is 1.00 e. The van der Waals surface area contributed by atoms with Crippen molar-refractivity contribution in [1.82, 2.24) is 0 Å². The van der Waals surface area contributed by atoms with Crippen molar-refractivity contribution >= 4 is 32.9 Å². The molecule has 0 unspecified atom stereocenters. The molecular weight excluding hydrogens is 439 g/mol. The zero-order valence-corrected chi connectivity index (χ0v) is 21.0. The molecule has 0 aliphatic heterocycles. The second-order valence-electron chi connectivity index (χ2n) is 7.82. The van der Waals surface area contributed by atoms with E-state index in [0.717, 1.165) is 5.56 Å². The van der Waals surface area contributed by atoms with Gasteiger partial charge >= 0.3 is 29.6 Å². The van der Waals surface area contributed by atoms with E-state index in [2.05, 4.69) is 41.2 Å². The standard InChI is InChI=1S/C22H22N4O4S.Na/c1-22(2,3)15-4-13-21(27)20(14-15)26-25-17-7-5-16(6-8-17)23-24-18-9-11-19(12-10-18)31(28,29)30;/h4-14,27H,1-3H3,(H,28,29,30);/q;+1/p-1. The van der Waals surface area contributed by atoms with Crippen molar-refractivity contribution in [2.24, 2.45) is 20.5 Å². The quantitative estimate of drug-likeness (QED) is 0.355. The van der Waals surface area contributed by atoms with Crippen LogP contribution in [0.4, 0.5) is 22.7 Å². The maximum absolute atomic E-state index is 10.9. The molecule has 0 aliphatic rings. The minimum absolute atomic E-state index is 0. The van der Waals surface area contributed by atoms with Gasteiger partial charge in [0.15, 0.2) is 0 Å². The molecule has 32 heavy (non-hydrogen) atoms. The van der Waals surface area contributed by atoms with E-state index in [-0.39, 0.29) is 45.6 Å². The van der Waals surface area contributed by atoms with Gasteiger partial charge in [-0.25, -0.2) is 8.42 Å². The summed E-state index contributed by atoms with van der Waals surface area (Å²) >= 11 is 0. The van der Waals surface area contributed by atoms with Crippen molar-refractivity contribution in [3.8, 4) is 5.75 Å². The fourth-order valence-corrected chi connectivity index (χ4v) is 3.03. The molecule has 10 heteroatoms. The molecule has 0 radical (unpaired) electrons. The van der Waals surface area contributed by atoms with Crippen LogP contribution in [-0.4, -0.2) is 18.1 Å². The molecule has 0 fully saturated rings. The Bertz CT molecular complexity index is 1230. The van der Waals surface area contributed by atoms with E-state index in [9.17, 15) is 18.1 Å². The molecule has 0 aromatic heterocycles.